The molecule has 3 aromatic rings. The second-order valence-corrected chi connectivity index (χ2v) is 5.98. The summed E-state index contributed by atoms with van der Waals surface area (Å²) in [5.41, 5.74) is -0.0368. The first-order chi connectivity index (χ1) is 12.5. The third-order valence-electron chi connectivity index (χ3n) is 4.16. The topological polar surface area (TPSA) is 104 Å². The van der Waals surface area contributed by atoms with Crippen LogP contribution in [0.15, 0.2) is 26.3 Å². The van der Waals surface area contributed by atoms with Crippen molar-refractivity contribution in [1.82, 2.24) is 18.7 Å². The lowest BCUT2D eigenvalue weighted by Crippen LogP contribution is -2.39. The van der Waals surface area contributed by atoms with Crippen molar-refractivity contribution in [2.24, 2.45) is 7.05 Å². The quantitative estimate of drug-likeness (QED) is 0.661. The average Bonchev–Trinajstić information content (AvgIpc) is 3.18. The van der Waals surface area contributed by atoms with Gasteiger partial charge in [0.1, 0.15) is 17.8 Å². The highest BCUT2D eigenvalue weighted by Crippen LogP contribution is 2.23. The molecular formula is C17H22N4O5. The summed E-state index contributed by atoms with van der Waals surface area (Å²) < 4.78 is 15.4. The molecule has 0 aliphatic rings. The molecule has 3 rings (SSSR count). The number of ether oxygens (including phenoxy) is 1. The summed E-state index contributed by atoms with van der Waals surface area (Å²) >= 11 is 0. The third-order valence-corrected chi connectivity index (χ3v) is 4.16. The van der Waals surface area contributed by atoms with Crippen LogP contribution in [0.5, 0.6) is 5.88 Å². The summed E-state index contributed by atoms with van der Waals surface area (Å²) in [7, 11) is 1.61. The maximum atomic E-state index is 13.0. The van der Waals surface area contributed by atoms with Crippen molar-refractivity contribution in [2.75, 3.05) is 13.2 Å². The van der Waals surface area contributed by atoms with Crippen LogP contribution >= 0.6 is 0 Å². The molecule has 3 aromatic heterocycles. The Kier molecular flexibility index (Phi) is 4.99. The van der Waals surface area contributed by atoms with Crippen molar-refractivity contribution in [2.45, 2.75) is 33.4 Å². The third kappa shape index (κ3) is 3.05. The maximum absolute atomic E-state index is 13.0. The molecule has 9 heteroatoms. The Labute approximate surface area is 149 Å². The Morgan fingerprint density at radius 2 is 2.08 bits per heavy atom. The first-order valence-electron chi connectivity index (χ1n) is 8.46. The van der Waals surface area contributed by atoms with E-state index >= 15 is 0 Å². The largest absolute Gasteiger partial charge is 0.479 e. The van der Waals surface area contributed by atoms with E-state index < -0.39 is 11.2 Å². The van der Waals surface area contributed by atoms with E-state index in [1.165, 1.54) is 4.57 Å². The van der Waals surface area contributed by atoms with Crippen LogP contribution < -0.4 is 16.0 Å². The first kappa shape index (κ1) is 18.0. The molecule has 9 nitrogen and oxygen atoms in total. The Morgan fingerprint density at radius 3 is 2.69 bits per heavy atom. The van der Waals surface area contributed by atoms with E-state index in [-0.39, 0.29) is 19.7 Å². The van der Waals surface area contributed by atoms with Crippen molar-refractivity contribution >= 4 is 11.0 Å². The van der Waals surface area contributed by atoms with Gasteiger partial charge >= 0.3 is 5.69 Å². The number of rotatable bonds is 7. The predicted octanol–water partition coefficient (Wildman–Crippen LogP) is 0.628. The fourth-order valence-electron chi connectivity index (χ4n) is 2.95. The molecule has 0 bridgehead atoms. The number of hydrogen-bond donors (Lipinski definition) is 1. The Morgan fingerprint density at radius 1 is 1.31 bits per heavy atom. The van der Waals surface area contributed by atoms with Crippen LogP contribution in [0.25, 0.3) is 11.0 Å². The van der Waals surface area contributed by atoms with Crippen molar-refractivity contribution in [3.05, 3.63) is 44.8 Å². The van der Waals surface area contributed by atoms with Gasteiger partial charge in [-0.2, -0.15) is 0 Å². The molecule has 0 radical (unpaired) electrons. The second-order valence-electron chi connectivity index (χ2n) is 5.98. The van der Waals surface area contributed by atoms with Crippen LogP contribution in [-0.2, 0) is 20.1 Å². The normalized spacial score (nSPS) is 11.4. The van der Waals surface area contributed by atoms with Crippen LogP contribution in [-0.4, -0.2) is 37.0 Å². The van der Waals surface area contributed by atoms with E-state index in [2.05, 4.69) is 4.98 Å². The number of aliphatic hydroxyl groups excluding tert-OH is 1. The Bertz CT molecular complexity index is 1040. The zero-order valence-corrected chi connectivity index (χ0v) is 15.1. The van der Waals surface area contributed by atoms with Crippen molar-refractivity contribution < 1.29 is 14.3 Å². The number of fused-ring (bicyclic) bond motifs is 1. The van der Waals surface area contributed by atoms with Gasteiger partial charge in [-0.25, -0.2) is 9.78 Å². The molecule has 0 amide bonds. The molecule has 0 spiro atoms. The lowest BCUT2D eigenvalue weighted by molar-refractivity contribution is 0.277. The molecule has 0 saturated heterocycles. The summed E-state index contributed by atoms with van der Waals surface area (Å²) in [6.07, 6.45) is 1.93. The van der Waals surface area contributed by atoms with Crippen LogP contribution in [0.1, 0.15) is 25.0 Å². The Hall–Kier alpha value is -2.81. The van der Waals surface area contributed by atoms with Gasteiger partial charge in [0, 0.05) is 26.3 Å². The van der Waals surface area contributed by atoms with Gasteiger partial charge in [0.25, 0.3) is 5.56 Å². The standard InChI is InChI=1S/C17H22N4O5/c1-4-25-14-8-12-15(21(14)10-13-18-9-11(2)26-13)16(23)20(6-5-7-22)17(24)19(12)3/h8-9,22H,4-7,10H2,1-3H3. The van der Waals surface area contributed by atoms with E-state index in [1.807, 2.05) is 6.92 Å². The van der Waals surface area contributed by atoms with Gasteiger partial charge in [0.05, 0.1) is 18.3 Å². The molecular weight excluding hydrogens is 340 g/mol. The minimum atomic E-state index is -0.428. The number of hydrogen-bond acceptors (Lipinski definition) is 6. The van der Waals surface area contributed by atoms with Crippen LogP contribution in [0.3, 0.4) is 0 Å². The summed E-state index contributed by atoms with van der Waals surface area (Å²) in [5, 5.41) is 9.05. The van der Waals surface area contributed by atoms with Crippen LogP contribution in [0.4, 0.5) is 0 Å². The van der Waals surface area contributed by atoms with E-state index in [0.717, 1.165) is 4.57 Å². The van der Waals surface area contributed by atoms with Crippen molar-refractivity contribution in [3.63, 3.8) is 0 Å². The molecule has 1 N–H and O–H groups in total. The number of nitrogens with zero attached hydrogens (tertiary/aromatic N) is 4. The highest BCUT2D eigenvalue weighted by molar-refractivity contribution is 5.78. The molecule has 0 aromatic carbocycles. The molecule has 3 heterocycles. The second kappa shape index (κ2) is 7.20. The smallest absolute Gasteiger partial charge is 0.331 e. The SMILES string of the molecule is CCOc1cc2c(c(=O)n(CCCO)c(=O)n2C)n1Cc1ncc(C)o1. The van der Waals surface area contributed by atoms with Crippen LogP contribution in [0.2, 0.25) is 0 Å². The minimum absolute atomic E-state index is 0.103. The molecule has 0 aliphatic carbocycles. The van der Waals surface area contributed by atoms with E-state index in [4.69, 9.17) is 14.3 Å². The first-order valence-corrected chi connectivity index (χ1v) is 8.46. The molecule has 0 atom stereocenters. The van der Waals surface area contributed by atoms with Gasteiger partial charge in [0.2, 0.25) is 5.89 Å². The van der Waals surface area contributed by atoms with E-state index in [1.54, 1.807) is 30.8 Å². The highest BCUT2D eigenvalue weighted by Gasteiger charge is 2.20. The maximum Gasteiger partial charge on any atom is 0.331 e. The van der Waals surface area contributed by atoms with E-state index in [9.17, 15) is 9.59 Å². The monoisotopic (exact) mass is 362 g/mol. The zero-order chi connectivity index (χ0) is 18.8. The lowest BCUT2D eigenvalue weighted by Gasteiger charge is -2.11. The number of aryl methyl sites for hydroxylation is 2. The molecule has 0 fully saturated rings. The zero-order valence-electron chi connectivity index (χ0n) is 15.1. The average molecular weight is 362 g/mol. The van der Waals surface area contributed by atoms with Gasteiger partial charge in [0.15, 0.2) is 5.88 Å². The van der Waals surface area contributed by atoms with Gasteiger partial charge < -0.3 is 14.3 Å². The number of aromatic nitrogens is 4. The highest BCUT2D eigenvalue weighted by atomic mass is 16.5. The molecule has 0 unspecified atom stereocenters. The molecule has 0 saturated carbocycles. The van der Waals surface area contributed by atoms with Gasteiger partial charge in [-0.3, -0.25) is 18.5 Å². The molecule has 140 valence electrons. The van der Waals surface area contributed by atoms with Gasteiger partial charge in [-0.05, 0) is 20.3 Å². The minimum Gasteiger partial charge on any atom is -0.479 e. The van der Waals surface area contributed by atoms with Crippen molar-refractivity contribution in [1.29, 1.82) is 0 Å². The lowest BCUT2D eigenvalue weighted by atomic mass is 10.4. The summed E-state index contributed by atoms with van der Waals surface area (Å²) in [6, 6.07) is 1.67. The van der Waals surface area contributed by atoms with E-state index in [0.29, 0.717) is 41.6 Å². The molecule has 0 aliphatic heterocycles. The molecule has 26 heavy (non-hydrogen) atoms. The number of oxazole rings is 1. The Balaban J connectivity index is 2.26. The summed E-state index contributed by atoms with van der Waals surface area (Å²) in [6.45, 7) is 4.29. The summed E-state index contributed by atoms with van der Waals surface area (Å²) in [5.74, 6) is 1.57. The van der Waals surface area contributed by atoms with Gasteiger partial charge in [-0.15, -0.1) is 0 Å². The van der Waals surface area contributed by atoms with Crippen LogP contribution in [0, 0.1) is 6.92 Å². The number of aliphatic hydroxyl groups is 1. The summed E-state index contributed by atoms with van der Waals surface area (Å²) in [4.78, 5) is 29.7. The van der Waals surface area contributed by atoms with Gasteiger partial charge in [-0.1, -0.05) is 0 Å². The predicted molar refractivity (Wildman–Crippen MR) is 94.7 cm³/mol. The van der Waals surface area contributed by atoms with Crippen molar-refractivity contribution in [3.8, 4) is 5.88 Å². The fourth-order valence-corrected chi connectivity index (χ4v) is 2.95. The fraction of sp³-hybridized carbons (Fsp3) is 0.471.